The van der Waals surface area contributed by atoms with Crippen molar-refractivity contribution in [2.24, 2.45) is 0 Å². The van der Waals surface area contributed by atoms with Crippen LogP contribution in [0, 0.1) is 0 Å². The first-order valence-electron chi connectivity index (χ1n) is 14.0. The average molecular weight is 621 g/mol. The number of aromatic nitrogens is 3. The zero-order chi connectivity index (χ0) is 32.2. The van der Waals surface area contributed by atoms with Crippen LogP contribution in [0.25, 0.3) is 0 Å². The Balaban J connectivity index is 1.44. The molecule has 4 rings (SSSR count). The van der Waals surface area contributed by atoms with E-state index in [1.165, 1.54) is 19.4 Å². The predicted molar refractivity (Wildman–Crippen MR) is 152 cm³/mol. The summed E-state index contributed by atoms with van der Waals surface area (Å²) in [5, 5.41) is 6.10. The van der Waals surface area contributed by atoms with Crippen LogP contribution in [-0.4, -0.2) is 57.5 Å². The molecule has 14 heteroatoms. The molecule has 0 radical (unpaired) electrons. The first kappa shape index (κ1) is 32.7. The number of halogens is 5. The Hall–Kier alpha value is -4.20. The Morgan fingerprint density at radius 1 is 1.09 bits per heavy atom. The van der Waals surface area contributed by atoms with Gasteiger partial charge in [-0.05, 0) is 62.1 Å². The van der Waals surface area contributed by atoms with Crippen molar-refractivity contribution in [3.63, 3.8) is 0 Å². The number of anilines is 2. The molecule has 2 N–H and O–H groups in total. The van der Waals surface area contributed by atoms with Crippen molar-refractivity contribution in [3.8, 4) is 0 Å². The van der Waals surface area contributed by atoms with E-state index in [1.807, 2.05) is 13.8 Å². The maximum atomic E-state index is 13.9. The van der Waals surface area contributed by atoms with E-state index < -0.39 is 29.2 Å². The van der Waals surface area contributed by atoms with Crippen LogP contribution in [0.4, 0.5) is 33.6 Å². The number of carbonyl (C=O) groups excluding carboxylic acids is 2. The summed E-state index contributed by atoms with van der Waals surface area (Å²) < 4.78 is 72.8. The number of amides is 1. The molecule has 1 aliphatic rings. The van der Waals surface area contributed by atoms with Crippen LogP contribution in [0.3, 0.4) is 0 Å². The van der Waals surface area contributed by atoms with Crippen molar-refractivity contribution < 1.29 is 36.3 Å². The third kappa shape index (κ3) is 7.84. The number of likely N-dealkylation sites (tertiary alicyclic amines) is 1. The Kier molecular flexibility index (Phi) is 9.81. The molecule has 1 aromatic carbocycles. The van der Waals surface area contributed by atoms with Crippen LogP contribution in [0.15, 0.2) is 42.7 Å². The van der Waals surface area contributed by atoms with Crippen LogP contribution in [0.2, 0.25) is 0 Å². The maximum absolute atomic E-state index is 13.9. The van der Waals surface area contributed by atoms with E-state index in [0.29, 0.717) is 56.6 Å². The highest BCUT2D eigenvalue weighted by Gasteiger charge is 2.35. The largest absolute Gasteiger partial charge is 0.464 e. The zero-order valence-corrected chi connectivity index (χ0v) is 24.6. The fourth-order valence-corrected chi connectivity index (χ4v) is 5.04. The molecular weight excluding hydrogens is 587 g/mol. The molecule has 44 heavy (non-hydrogen) atoms. The van der Waals surface area contributed by atoms with Crippen LogP contribution in [0.1, 0.15) is 76.8 Å². The zero-order valence-electron chi connectivity index (χ0n) is 24.6. The molecule has 0 bridgehead atoms. The van der Waals surface area contributed by atoms with Gasteiger partial charge >= 0.3 is 12.1 Å². The van der Waals surface area contributed by atoms with Gasteiger partial charge in [-0.3, -0.25) is 4.79 Å². The lowest BCUT2D eigenvalue weighted by Gasteiger charge is -2.38. The Labute approximate surface area is 251 Å². The Morgan fingerprint density at radius 2 is 1.82 bits per heavy atom. The predicted octanol–water partition coefficient (Wildman–Crippen LogP) is 5.88. The number of methoxy groups -OCH3 is 1. The van der Waals surface area contributed by atoms with Crippen LogP contribution in [-0.2, 0) is 29.8 Å². The van der Waals surface area contributed by atoms with Gasteiger partial charge in [0.15, 0.2) is 0 Å². The first-order chi connectivity index (χ1) is 20.7. The standard InChI is InChI=1S/C30H33F5N6O3/c1-5-18-15-38-28(39-23-13-20(29(3,31)32)12-21(14-23)30(33,34)35)40-25(18)16-37-22-7-9-41(17(2)10-22)26(42)19-6-8-36-24(11-19)27(43)44-4/h6,8,11-15,17,22,37H,5,7,9-10,16H2,1-4H3,(H,38,39,40)/t17-,22?/m1/s1. The summed E-state index contributed by atoms with van der Waals surface area (Å²) in [4.78, 5) is 39.3. The number of rotatable bonds is 9. The first-order valence-corrected chi connectivity index (χ1v) is 14.0. The van der Waals surface area contributed by atoms with Gasteiger partial charge in [0.25, 0.3) is 11.8 Å². The highest BCUT2D eigenvalue weighted by molar-refractivity contribution is 5.97. The molecule has 0 saturated carbocycles. The summed E-state index contributed by atoms with van der Waals surface area (Å²) in [5.41, 5.74) is -0.402. The van der Waals surface area contributed by atoms with Crippen molar-refractivity contribution in [1.82, 2.24) is 25.2 Å². The van der Waals surface area contributed by atoms with Crippen LogP contribution < -0.4 is 10.6 Å². The molecule has 9 nitrogen and oxygen atoms in total. The van der Waals surface area contributed by atoms with E-state index in [4.69, 9.17) is 0 Å². The van der Waals surface area contributed by atoms with E-state index >= 15 is 0 Å². The second-order valence-corrected chi connectivity index (χ2v) is 10.7. The minimum atomic E-state index is -4.82. The molecule has 1 amide bonds. The van der Waals surface area contributed by atoms with E-state index in [2.05, 4.69) is 30.3 Å². The van der Waals surface area contributed by atoms with Crippen molar-refractivity contribution in [2.45, 2.75) is 70.8 Å². The normalized spacial score (nSPS) is 17.3. The number of pyridine rings is 1. The minimum Gasteiger partial charge on any atom is -0.464 e. The molecule has 0 aliphatic carbocycles. The van der Waals surface area contributed by atoms with Gasteiger partial charge in [-0.1, -0.05) is 6.92 Å². The number of esters is 1. The van der Waals surface area contributed by atoms with Crippen molar-refractivity contribution in [1.29, 1.82) is 0 Å². The number of piperidine rings is 1. The number of hydrogen-bond acceptors (Lipinski definition) is 8. The number of alkyl halides is 5. The van der Waals surface area contributed by atoms with E-state index in [-0.39, 0.29) is 35.3 Å². The average Bonchev–Trinajstić information content (AvgIpc) is 2.98. The topological polar surface area (TPSA) is 109 Å². The number of carbonyl (C=O) groups is 2. The lowest BCUT2D eigenvalue weighted by molar-refractivity contribution is -0.137. The van der Waals surface area contributed by atoms with Gasteiger partial charge in [-0.15, -0.1) is 0 Å². The molecule has 1 aliphatic heterocycles. The molecule has 0 spiro atoms. The number of benzene rings is 1. The summed E-state index contributed by atoms with van der Waals surface area (Å²) >= 11 is 0. The summed E-state index contributed by atoms with van der Waals surface area (Å²) in [5.74, 6) is -4.36. The fraction of sp³-hybridized carbons (Fsp3) is 0.433. The lowest BCUT2D eigenvalue weighted by atomic mass is 9.97. The third-order valence-electron chi connectivity index (χ3n) is 7.46. The van der Waals surface area contributed by atoms with Gasteiger partial charge < -0.3 is 20.3 Å². The molecule has 1 unspecified atom stereocenters. The highest BCUT2D eigenvalue weighted by Crippen LogP contribution is 2.37. The molecule has 1 saturated heterocycles. The molecular formula is C30H33F5N6O3. The summed E-state index contributed by atoms with van der Waals surface area (Å²) in [6, 6.07) is 4.98. The van der Waals surface area contributed by atoms with E-state index in [1.54, 1.807) is 17.2 Å². The monoisotopic (exact) mass is 620 g/mol. The molecule has 236 valence electrons. The second-order valence-electron chi connectivity index (χ2n) is 10.7. The summed E-state index contributed by atoms with van der Waals surface area (Å²) in [7, 11) is 1.24. The van der Waals surface area contributed by atoms with Crippen molar-refractivity contribution in [2.75, 3.05) is 19.0 Å². The smallest absolute Gasteiger partial charge is 0.416 e. The summed E-state index contributed by atoms with van der Waals surface area (Å²) in [6.45, 7) is 5.16. The van der Waals surface area contributed by atoms with Crippen LogP contribution >= 0.6 is 0 Å². The quantitative estimate of drug-likeness (QED) is 0.226. The molecule has 1 fully saturated rings. The van der Waals surface area contributed by atoms with E-state index in [0.717, 1.165) is 17.7 Å². The van der Waals surface area contributed by atoms with Gasteiger partial charge in [0, 0.05) is 61.3 Å². The third-order valence-corrected chi connectivity index (χ3v) is 7.46. The Bertz CT molecular complexity index is 1480. The van der Waals surface area contributed by atoms with Gasteiger partial charge in [0.2, 0.25) is 5.95 Å². The minimum absolute atomic E-state index is 0.0267. The van der Waals surface area contributed by atoms with Gasteiger partial charge in [-0.25, -0.2) is 28.5 Å². The van der Waals surface area contributed by atoms with Gasteiger partial charge in [0.05, 0.1) is 18.4 Å². The molecule has 3 heterocycles. The van der Waals surface area contributed by atoms with Crippen molar-refractivity contribution >= 4 is 23.5 Å². The van der Waals surface area contributed by atoms with E-state index in [9.17, 15) is 31.5 Å². The highest BCUT2D eigenvalue weighted by atomic mass is 19.4. The number of ether oxygens (including phenoxy) is 1. The fourth-order valence-electron chi connectivity index (χ4n) is 5.04. The molecule has 2 atom stereocenters. The number of nitrogens with one attached hydrogen (secondary N) is 2. The SMILES string of the molecule is CCc1cnc(Nc2cc(C(C)(F)F)cc(C(F)(F)F)c2)nc1CNC1CCN(C(=O)c2ccnc(C(=O)OC)c2)[C@H](C)C1. The van der Waals surface area contributed by atoms with Gasteiger partial charge in [0.1, 0.15) is 5.69 Å². The molecule has 2 aromatic heterocycles. The number of nitrogens with zero attached hydrogens (tertiary/aromatic N) is 4. The maximum Gasteiger partial charge on any atom is 0.416 e. The lowest BCUT2D eigenvalue weighted by Crippen LogP contribution is -2.49. The number of aryl methyl sites for hydroxylation is 1. The van der Waals surface area contributed by atoms with Gasteiger partial charge in [-0.2, -0.15) is 13.2 Å². The molecule has 3 aromatic rings. The van der Waals surface area contributed by atoms with Crippen molar-refractivity contribution in [3.05, 3.63) is 76.4 Å². The second kappa shape index (κ2) is 13.2. The summed E-state index contributed by atoms with van der Waals surface area (Å²) in [6.07, 6.45) is -0.00910. The van der Waals surface area contributed by atoms with Crippen LogP contribution in [0.5, 0.6) is 0 Å². The number of hydrogen-bond donors (Lipinski definition) is 2. The Morgan fingerprint density at radius 3 is 2.45 bits per heavy atom.